The third-order valence-electron chi connectivity index (χ3n) is 1.65. The number of nitrogens with one attached hydrogen (secondary N) is 1. The SMILES string of the molecule is C#CC(=O)Nc1cccc(C(=O)O)c1O. The zero-order chi connectivity index (χ0) is 11.4. The van der Waals surface area contributed by atoms with E-state index in [1.807, 2.05) is 0 Å². The minimum atomic E-state index is -1.29. The number of hydrogen-bond acceptors (Lipinski definition) is 3. The van der Waals surface area contributed by atoms with Gasteiger partial charge in [-0.2, -0.15) is 0 Å². The number of carboxylic acids is 1. The highest BCUT2D eigenvalue weighted by Gasteiger charge is 2.13. The summed E-state index contributed by atoms with van der Waals surface area (Å²) in [5.41, 5.74) is -0.331. The molecule has 0 spiro atoms. The van der Waals surface area contributed by atoms with Crippen LogP contribution in [0, 0.1) is 12.3 Å². The minimum absolute atomic E-state index is 0.0298. The fourth-order valence-corrected chi connectivity index (χ4v) is 0.975. The normalized spacial score (nSPS) is 9.00. The second kappa shape index (κ2) is 4.15. The molecule has 1 amide bonds. The Morgan fingerprint density at radius 2 is 2.07 bits per heavy atom. The molecule has 15 heavy (non-hydrogen) atoms. The van der Waals surface area contributed by atoms with Crippen molar-refractivity contribution in [2.24, 2.45) is 0 Å². The van der Waals surface area contributed by atoms with Gasteiger partial charge in [0, 0.05) is 0 Å². The number of aromatic carboxylic acids is 1. The van der Waals surface area contributed by atoms with Crippen LogP contribution in [0.5, 0.6) is 5.75 Å². The molecule has 5 heteroatoms. The summed E-state index contributed by atoms with van der Waals surface area (Å²) in [7, 11) is 0. The van der Waals surface area contributed by atoms with Crippen molar-refractivity contribution in [2.75, 3.05) is 5.32 Å². The van der Waals surface area contributed by atoms with E-state index < -0.39 is 17.6 Å². The van der Waals surface area contributed by atoms with Gasteiger partial charge in [0.25, 0.3) is 5.91 Å². The number of phenols is 1. The molecule has 76 valence electrons. The van der Waals surface area contributed by atoms with Crippen LogP contribution in [0.25, 0.3) is 0 Å². The summed E-state index contributed by atoms with van der Waals surface area (Å²) in [6, 6.07) is 3.94. The van der Waals surface area contributed by atoms with Crippen molar-refractivity contribution in [3.8, 4) is 18.1 Å². The van der Waals surface area contributed by atoms with Gasteiger partial charge in [-0.05, 0) is 18.1 Å². The molecule has 1 aromatic carbocycles. The summed E-state index contributed by atoms with van der Waals surface area (Å²) in [4.78, 5) is 21.4. The highest BCUT2D eigenvalue weighted by Crippen LogP contribution is 2.27. The van der Waals surface area contributed by atoms with Crippen molar-refractivity contribution in [3.63, 3.8) is 0 Å². The summed E-state index contributed by atoms with van der Waals surface area (Å²) < 4.78 is 0. The zero-order valence-electron chi connectivity index (χ0n) is 7.52. The van der Waals surface area contributed by atoms with Crippen LogP contribution >= 0.6 is 0 Å². The van der Waals surface area contributed by atoms with Gasteiger partial charge in [-0.3, -0.25) is 4.79 Å². The van der Waals surface area contributed by atoms with E-state index in [2.05, 4.69) is 5.32 Å². The summed E-state index contributed by atoms with van der Waals surface area (Å²) >= 11 is 0. The van der Waals surface area contributed by atoms with Crippen LogP contribution in [0.15, 0.2) is 18.2 Å². The number of aromatic hydroxyl groups is 1. The number of hydrogen-bond donors (Lipinski definition) is 3. The second-order valence-electron chi connectivity index (χ2n) is 2.61. The number of rotatable bonds is 2. The van der Waals surface area contributed by atoms with E-state index in [0.717, 1.165) is 0 Å². The Morgan fingerprint density at radius 3 is 2.60 bits per heavy atom. The second-order valence-corrected chi connectivity index (χ2v) is 2.61. The van der Waals surface area contributed by atoms with Crippen molar-refractivity contribution in [1.82, 2.24) is 0 Å². The van der Waals surface area contributed by atoms with Gasteiger partial charge in [0.1, 0.15) is 5.56 Å². The number of benzene rings is 1. The van der Waals surface area contributed by atoms with Crippen LogP contribution in [0.2, 0.25) is 0 Å². The van der Waals surface area contributed by atoms with Crippen LogP contribution in [-0.4, -0.2) is 22.1 Å². The molecule has 0 unspecified atom stereocenters. The lowest BCUT2D eigenvalue weighted by molar-refractivity contribution is -0.111. The largest absolute Gasteiger partial charge is 0.505 e. The topological polar surface area (TPSA) is 86.6 Å². The molecule has 0 saturated heterocycles. The fourth-order valence-electron chi connectivity index (χ4n) is 0.975. The maximum absolute atomic E-state index is 10.8. The molecule has 0 fully saturated rings. The van der Waals surface area contributed by atoms with E-state index in [-0.39, 0.29) is 11.3 Å². The monoisotopic (exact) mass is 205 g/mol. The first-order valence-corrected chi connectivity index (χ1v) is 3.89. The van der Waals surface area contributed by atoms with Crippen LogP contribution < -0.4 is 5.32 Å². The van der Waals surface area contributed by atoms with Crippen molar-refractivity contribution in [2.45, 2.75) is 0 Å². The first-order chi connectivity index (χ1) is 7.06. The molecule has 0 atom stereocenters. The summed E-state index contributed by atoms with van der Waals surface area (Å²) in [6.45, 7) is 0. The van der Waals surface area contributed by atoms with Gasteiger partial charge in [0.2, 0.25) is 0 Å². The minimum Gasteiger partial charge on any atom is -0.505 e. The van der Waals surface area contributed by atoms with E-state index >= 15 is 0 Å². The molecular formula is C10H7NO4. The smallest absolute Gasteiger partial charge is 0.339 e. The molecule has 5 nitrogen and oxygen atoms in total. The molecule has 0 aromatic heterocycles. The lowest BCUT2D eigenvalue weighted by Crippen LogP contribution is -2.09. The van der Waals surface area contributed by atoms with Gasteiger partial charge in [-0.15, -0.1) is 6.42 Å². The molecule has 1 rings (SSSR count). The van der Waals surface area contributed by atoms with E-state index in [4.69, 9.17) is 11.5 Å². The third kappa shape index (κ3) is 2.25. The molecule has 0 aliphatic carbocycles. The number of terminal acetylenes is 1. The van der Waals surface area contributed by atoms with Crippen LogP contribution in [0.1, 0.15) is 10.4 Å². The molecule has 0 aliphatic heterocycles. The van der Waals surface area contributed by atoms with Crippen molar-refractivity contribution < 1.29 is 19.8 Å². The number of carboxylic acid groups (broad SMARTS) is 1. The Kier molecular flexibility index (Phi) is 2.94. The number of carbonyl (C=O) groups is 2. The van der Waals surface area contributed by atoms with Gasteiger partial charge in [0.15, 0.2) is 5.75 Å². The molecular weight excluding hydrogens is 198 g/mol. The first kappa shape index (κ1) is 10.6. The zero-order valence-corrected chi connectivity index (χ0v) is 7.52. The summed E-state index contributed by atoms with van der Waals surface area (Å²) in [5.74, 6) is -0.783. The maximum Gasteiger partial charge on any atom is 0.339 e. The lowest BCUT2D eigenvalue weighted by Gasteiger charge is -2.06. The Balaban J connectivity index is 3.11. The number of carbonyl (C=O) groups excluding carboxylic acids is 1. The van der Waals surface area contributed by atoms with E-state index in [1.165, 1.54) is 18.2 Å². The average molecular weight is 205 g/mol. The standard InChI is InChI=1S/C10H7NO4/c1-2-8(12)11-7-5-3-4-6(9(7)13)10(14)15/h1,3-5,13H,(H,11,12)(H,14,15). The lowest BCUT2D eigenvalue weighted by atomic mass is 10.1. The Hall–Kier alpha value is -2.48. The van der Waals surface area contributed by atoms with Gasteiger partial charge in [0.05, 0.1) is 5.69 Å². The summed E-state index contributed by atoms with van der Waals surface area (Å²) in [6.07, 6.45) is 4.81. The summed E-state index contributed by atoms with van der Waals surface area (Å²) in [5, 5.41) is 20.3. The molecule has 0 aliphatic rings. The van der Waals surface area contributed by atoms with Crippen LogP contribution in [0.3, 0.4) is 0 Å². The maximum atomic E-state index is 10.8. The van der Waals surface area contributed by atoms with Crippen molar-refractivity contribution in [3.05, 3.63) is 23.8 Å². The first-order valence-electron chi connectivity index (χ1n) is 3.89. The van der Waals surface area contributed by atoms with Gasteiger partial charge < -0.3 is 15.5 Å². The molecule has 0 heterocycles. The fraction of sp³-hybridized carbons (Fsp3) is 0. The van der Waals surface area contributed by atoms with E-state index in [1.54, 1.807) is 5.92 Å². The van der Waals surface area contributed by atoms with E-state index in [9.17, 15) is 14.7 Å². The average Bonchev–Trinajstić information content (AvgIpc) is 2.20. The van der Waals surface area contributed by atoms with Crippen LogP contribution in [0.4, 0.5) is 5.69 Å². The highest BCUT2D eigenvalue weighted by atomic mass is 16.4. The van der Waals surface area contributed by atoms with Crippen LogP contribution in [-0.2, 0) is 4.79 Å². The van der Waals surface area contributed by atoms with Gasteiger partial charge >= 0.3 is 5.97 Å². The molecule has 1 aromatic rings. The number of para-hydroxylation sites is 1. The number of amides is 1. The highest BCUT2D eigenvalue weighted by molar-refractivity contribution is 6.05. The predicted octanol–water partition coefficient (Wildman–Crippen LogP) is 0.662. The Labute approximate surface area is 85.4 Å². The number of anilines is 1. The van der Waals surface area contributed by atoms with Gasteiger partial charge in [-0.25, -0.2) is 4.79 Å². The van der Waals surface area contributed by atoms with Gasteiger partial charge in [-0.1, -0.05) is 6.07 Å². The Bertz CT molecular complexity index is 459. The third-order valence-corrected chi connectivity index (χ3v) is 1.65. The molecule has 3 N–H and O–H groups in total. The quantitative estimate of drug-likeness (QED) is 0.489. The van der Waals surface area contributed by atoms with Crippen molar-refractivity contribution in [1.29, 1.82) is 0 Å². The van der Waals surface area contributed by atoms with Crippen molar-refractivity contribution >= 4 is 17.6 Å². The molecule has 0 radical (unpaired) electrons. The Morgan fingerprint density at radius 1 is 1.40 bits per heavy atom. The predicted molar refractivity (Wildman–Crippen MR) is 52.5 cm³/mol. The molecule has 0 saturated carbocycles. The van der Waals surface area contributed by atoms with E-state index in [0.29, 0.717) is 0 Å². The molecule has 0 bridgehead atoms.